The number of hydrazone groups is 1. The number of nitrogens with zero attached hydrogens (tertiary/aromatic N) is 1. The molecule has 0 heterocycles. The number of carboxylic acid groups (broad SMARTS) is 1. The van der Waals surface area contributed by atoms with E-state index in [0.717, 1.165) is 14.7 Å². The predicted molar refractivity (Wildman–Crippen MR) is 125 cm³/mol. The van der Waals surface area contributed by atoms with Gasteiger partial charge in [-0.3, -0.25) is 4.79 Å². The van der Waals surface area contributed by atoms with Gasteiger partial charge in [0.2, 0.25) is 0 Å². The van der Waals surface area contributed by atoms with Crippen LogP contribution in [-0.2, 0) is 6.61 Å². The van der Waals surface area contributed by atoms with Crippen molar-refractivity contribution in [2.45, 2.75) is 6.61 Å². The van der Waals surface area contributed by atoms with E-state index in [1.54, 1.807) is 61.7 Å². The molecule has 8 heteroatoms. The van der Waals surface area contributed by atoms with Gasteiger partial charge in [-0.15, -0.1) is 0 Å². The van der Waals surface area contributed by atoms with Gasteiger partial charge in [-0.2, -0.15) is 5.10 Å². The molecule has 0 spiro atoms. The van der Waals surface area contributed by atoms with Crippen molar-refractivity contribution in [2.75, 3.05) is 7.11 Å². The molecule has 1 amide bonds. The molecule has 158 valence electrons. The number of benzene rings is 3. The van der Waals surface area contributed by atoms with E-state index in [-0.39, 0.29) is 11.5 Å². The van der Waals surface area contributed by atoms with Gasteiger partial charge in [-0.25, -0.2) is 10.2 Å². The molecule has 0 fully saturated rings. The summed E-state index contributed by atoms with van der Waals surface area (Å²) in [6.07, 6.45) is 1.54. The molecule has 0 aromatic heterocycles. The van der Waals surface area contributed by atoms with Gasteiger partial charge in [0, 0.05) is 5.56 Å². The number of aromatic carboxylic acids is 1. The van der Waals surface area contributed by atoms with E-state index < -0.39 is 5.97 Å². The molecule has 0 atom stereocenters. The molecule has 0 saturated heterocycles. The molecule has 3 aromatic rings. The summed E-state index contributed by atoms with van der Waals surface area (Å²) in [6, 6.07) is 18.9. The predicted octanol–water partition coefficient (Wildman–Crippen LogP) is 4.34. The summed E-state index contributed by atoms with van der Waals surface area (Å²) in [5.41, 5.74) is 4.84. The highest BCUT2D eigenvalue weighted by molar-refractivity contribution is 14.1. The zero-order valence-electron chi connectivity index (χ0n) is 16.5. The second kappa shape index (κ2) is 10.6. The van der Waals surface area contributed by atoms with Crippen molar-refractivity contribution >= 4 is 40.7 Å². The van der Waals surface area contributed by atoms with E-state index >= 15 is 0 Å². The molecule has 3 aromatic carbocycles. The van der Waals surface area contributed by atoms with Crippen LogP contribution in [0, 0.1) is 3.57 Å². The van der Waals surface area contributed by atoms with Gasteiger partial charge >= 0.3 is 5.97 Å². The minimum absolute atomic E-state index is 0.237. The van der Waals surface area contributed by atoms with Crippen LogP contribution in [0.2, 0.25) is 0 Å². The summed E-state index contributed by atoms with van der Waals surface area (Å²) in [4.78, 5) is 23.1. The molecule has 0 bridgehead atoms. The highest BCUT2D eigenvalue weighted by Gasteiger charge is 2.08. The van der Waals surface area contributed by atoms with E-state index in [4.69, 9.17) is 14.6 Å². The Morgan fingerprint density at radius 3 is 2.35 bits per heavy atom. The highest BCUT2D eigenvalue weighted by Crippen LogP contribution is 2.21. The molecule has 0 aliphatic rings. The number of hydrogen-bond acceptors (Lipinski definition) is 5. The SMILES string of the molecule is COc1cc(C(=O)N/N=C\c2ccc(OCc3ccc(C(=O)O)cc3)cc2)ccc1I. The maximum absolute atomic E-state index is 12.2. The molecular weight excluding hydrogens is 511 g/mol. The highest BCUT2D eigenvalue weighted by atomic mass is 127. The van der Waals surface area contributed by atoms with E-state index in [1.807, 2.05) is 12.1 Å². The number of ether oxygens (including phenoxy) is 2. The third-order valence-corrected chi connectivity index (χ3v) is 5.17. The van der Waals surface area contributed by atoms with Crippen LogP contribution < -0.4 is 14.9 Å². The van der Waals surface area contributed by atoms with Crippen LogP contribution in [0.15, 0.2) is 71.8 Å². The van der Waals surface area contributed by atoms with Crippen LogP contribution in [-0.4, -0.2) is 30.3 Å². The second-order valence-corrected chi connectivity index (χ2v) is 7.57. The van der Waals surface area contributed by atoms with Gasteiger partial charge < -0.3 is 14.6 Å². The number of rotatable bonds is 8. The van der Waals surface area contributed by atoms with Gasteiger partial charge in [0.05, 0.1) is 22.5 Å². The number of amides is 1. The van der Waals surface area contributed by atoms with Crippen molar-refractivity contribution in [1.29, 1.82) is 0 Å². The first-order valence-corrected chi connectivity index (χ1v) is 10.3. The monoisotopic (exact) mass is 530 g/mol. The first kappa shape index (κ1) is 22.3. The Morgan fingerprint density at radius 1 is 1.03 bits per heavy atom. The fourth-order valence-electron chi connectivity index (χ4n) is 2.59. The van der Waals surface area contributed by atoms with Crippen molar-refractivity contribution in [3.05, 3.63) is 92.6 Å². The molecule has 0 radical (unpaired) electrons. The third kappa shape index (κ3) is 6.29. The topological polar surface area (TPSA) is 97.2 Å². The average Bonchev–Trinajstić information content (AvgIpc) is 2.79. The summed E-state index contributed by atoms with van der Waals surface area (Å²) in [7, 11) is 1.56. The number of carbonyl (C=O) groups is 2. The Kier molecular flexibility index (Phi) is 7.60. The van der Waals surface area contributed by atoms with E-state index in [2.05, 4.69) is 33.1 Å². The van der Waals surface area contributed by atoms with Crippen molar-refractivity contribution in [1.82, 2.24) is 5.43 Å². The lowest BCUT2D eigenvalue weighted by molar-refractivity contribution is 0.0696. The first-order valence-electron chi connectivity index (χ1n) is 9.18. The largest absolute Gasteiger partial charge is 0.496 e. The Balaban J connectivity index is 1.52. The Hall–Kier alpha value is -3.40. The standard InChI is InChI=1S/C23H19IN2O5/c1-30-21-12-18(8-11-20(21)24)22(27)26-25-13-15-4-9-19(10-5-15)31-14-16-2-6-17(7-3-16)23(28)29/h2-13H,14H2,1H3,(H,26,27)(H,28,29)/b25-13-. The summed E-state index contributed by atoms with van der Waals surface area (Å²) >= 11 is 2.13. The Bertz CT molecular complexity index is 1100. The Morgan fingerprint density at radius 2 is 1.71 bits per heavy atom. The minimum atomic E-state index is -0.959. The van der Waals surface area contributed by atoms with Crippen molar-refractivity contribution in [3.63, 3.8) is 0 Å². The fourth-order valence-corrected chi connectivity index (χ4v) is 3.15. The maximum atomic E-state index is 12.2. The van der Waals surface area contributed by atoms with Gasteiger partial charge in [0.25, 0.3) is 5.91 Å². The third-order valence-electron chi connectivity index (χ3n) is 4.28. The molecule has 0 unspecified atom stereocenters. The number of methoxy groups -OCH3 is 1. The maximum Gasteiger partial charge on any atom is 0.335 e. The zero-order chi connectivity index (χ0) is 22.2. The average molecular weight is 530 g/mol. The van der Waals surface area contributed by atoms with Crippen LogP contribution in [0.4, 0.5) is 0 Å². The molecule has 0 saturated carbocycles. The van der Waals surface area contributed by atoms with Gasteiger partial charge in [-0.1, -0.05) is 12.1 Å². The lowest BCUT2D eigenvalue weighted by Crippen LogP contribution is -2.17. The molecule has 31 heavy (non-hydrogen) atoms. The summed E-state index contributed by atoms with van der Waals surface area (Å²) in [5.74, 6) is -0.000809. The molecule has 7 nitrogen and oxygen atoms in total. The molecule has 3 rings (SSSR count). The van der Waals surface area contributed by atoms with Crippen LogP contribution >= 0.6 is 22.6 Å². The summed E-state index contributed by atoms with van der Waals surface area (Å²) in [6.45, 7) is 0.322. The van der Waals surface area contributed by atoms with Crippen LogP contribution in [0.3, 0.4) is 0 Å². The van der Waals surface area contributed by atoms with E-state index in [1.165, 1.54) is 6.21 Å². The van der Waals surface area contributed by atoms with Crippen molar-refractivity contribution < 1.29 is 24.2 Å². The number of carbonyl (C=O) groups excluding carboxylic acids is 1. The number of halogens is 1. The number of nitrogens with one attached hydrogen (secondary N) is 1. The zero-order valence-corrected chi connectivity index (χ0v) is 18.7. The fraction of sp³-hybridized carbons (Fsp3) is 0.0870. The molecule has 2 N–H and O–H groups in total. The molecule has 0 aliphatic heterocycles. The van der Waals surface area contributed by atoms with Crippen LogP contribution in [0.5, 0.6) is 11.5 Å². The van der Waals surface area contributed by atoms with E-state index in [9.17, 15) is 9.59 Å². The van der Waals surface area contributed by atoms with Gasteiger partial charge in [-0.05, 0) is 88.3 Å². The van der Waals surface area contributed by atoms with E-state index in [0.29, 0.717) is 23.7 Å². The number of carboxylic acids is 1. The Labute approximate surface area is 192 Å². The second-order valence-electron chi connectivity index (χ2n) is 6.41. The lowest BCUT2D eigenvalue weighted by Gasteiger charge is -2.07. The quantitative estimate of drug-likeness (QED) is 0.257. The minimum Gasteiger partial charge on any atom is -0.496 e. The number of hydrogen-bond donors (Lipinski definition) is 2. The summed E-state index contributed by atoms with van der Waals surface area (Å²) < 4.78 is 11.8. The molecule has 0 aliphatic carbocycles. The van der Waals surface area contributed by atoms with Crippen molar-refractivity contribution in [2.24, 2.45) is 5.10 Å². The van der Waals surface area contributed by atoms with Crippen molar-refractivity contribution in [3.8, 4) is 11.5 Å². The lowest BCUT2D eigenvalue weighted by atomic mass is 10.1. The smallest absolute Gasteiger partial charge is 0.335 e. The van der Waals surface area contributed by atoms with Crippen LogP contribution in [0.1, 0.15) is 31.8 Å². The van der Waals surface area contributed by atoms with Gasteiger partial charge in [0.1, 0.15) is 18.1 Å². The summed E-state index contributed by atoms with van der Waals surface area (Å²) in [5, 5.41) is 12.9. The normalized spacial score (nSPS) is 10.6. The van der Waals surface area contributed by atoms with Crippen LogP contribution in [0.25, 0.3) is 0 Å². The van der Waals surface area contributed by atoms with Gasteiger partial charge in [0.15, 0.2) is 0 Å². The first-order chi connectivity index (χ1) is 15.0. The molecular formula is C23H19IN2O5.